The number of rotatable bonds is 5. The van der Waals surface area contributed by atoms with Crippen LogP contribution >= 0.6 is 0 Å². The van der Waals surface area contributed by atoms with Crippen molar-refractivity contribution in [3.63, 3.8) is 0 Å². The number of hydrogen-bond acceptors (Lipinski definition) is 4. The summed E-state index contributed by atoms with van der Waals surface area (Å²) in [6.45, 7) is 3.77. The third kappa shape index (κ3) is 4.67. The number of carbonyl (C=O) groups is 3. The van der Waals surface area contributed by atoms with Crippen molar-refractivity contribution >= 4 is 29.2 Å². The van der Waals surface area contributed by atoms with Gasteiger partial charge in [-0.1, -0.05) is 30.3 Å². The van der Waals surface area contributed by atoms with Crippen molar-refractivity contribution in [3.05, 3.63) is 59.2 Å². The van der Waals surface area contributed by atoms with Crippen molar-refractivity contribution in [2.75, 3.05) is 17.7 Å². The van der Waals surface area contributed by atoms with E-state index >= 15 is 0 Å². The number of methoxy groups -OCH3 is 1. The molecule has 0 bridgehead atoms. The fourth-order valence-corrected chi connectivity index (χ4v) is 2.42. The standard InChI is InChI=1S/C19H20N2O4/c1-12-7-6-8-13(2)18(12)21-17(23)11-16(22)20-15-10-5-4-9-14(15)19(24)25-3/h4-10H,11H2,1-3H3,(H,20,22)(H,21,23). The van der Waals surface area contributed by atoms with E-state index in [1.165, 1.54) is 13.2 Å². The summed E-state index contributed by atoms with van der Waals surface area (Å²) in [6, 6.07) is 12.1. The van der Waals surface area contributed by atoms with Crippen LogP contribution in [0.2, 0.25) is 0 Å². The molecule has 0 atom stereocenters. The molecule has 2 amide bonds. The smallest absolute Gasteiger partial charge is 0.339 e. The summed E-state index contributed by atoms with van der Waals surface area (Å²) in [4.78, 5) is 36.0. The first-order valence-electron chi connectivity index (χ1n) is 7.75. The second-order valence-corrected chi connectivity index (χ2v) is 5.58. The SMILES string of the molecule is COC(=O)c1ccccc1NC(=O)CC(=O)Nc1c(C)cccc1C. The predicted molar refractivity (Wildman–Crippen MR) is 95.6 cm³/mol. The monoisotopic (exact) mass is 340 g/mol. The van der Waals surface area contributed by atoms with E-state index in [4.69, 9.17) is 0 Å². The van der Waals surface area contributed by atoms with Crippen molar-refractivity contribution in [1.82, 2.24) is 0 Å². The molecular formula is C19H20N2O4. The molecule has 0 radical (unpaired) electrons. The molecule has 25 heavy (non-hydrogen) atoms. The minimum Gasteiger partial charge on any atom is -0.465 e. The first kappa shape index (κ1) is 18.2. The zero-order valence-corrected chi connectivity index (χ0v) is 14.4. The topological polar surface area (TPSA) is 84.5 Å². The Morgan fingerprint density at radius 2 is 1.48 bits per heavy atom. The van der Waals surface area contributed by atoms with Gasteiger partial charge in [0.25, 0.3) is 0 Å². The Labute approximate surface area is 146 Å². The number of nitrogens with one attached hydrogen (secondary N) is 2. The summed E-state index contributed by atoms with van der Waals surface area (Å²) in [5.41, 5.74) is 3.08. The van der Waals surface area contributed by atoms with Crippen LogP contribution in [0.5, 0.6) is 0 Å². The quantitative estimate of drug-likeness (QED) is 0.647. The number of anilines is 2. The fraction of sp³-hybridized carbons (Fsp3) is 0.211. The van der Waals surface area contributed by atoms with Gasteiger partial charge in [-0.25, -0.2) is 4.79 Å². The summed E-state index contributed by atoms with van der Waals surface area (Å²) >= 11 is 0. The van der Waals surface area contributed by atoms with Crippen LogP contribution in [0.3, 0.4) is 0 Å². The molecule has 0 unspecified atom stereocenters. The van der Waals surface area contributed by atoms with Crippen LogP contribution in [-0.2, 0) is 14.3 Å². The Hall–Kier alpha value is -3.15. The minimum atomic E-state index is -0.559. The minimum absolute atomic E-state index is 0.230. The molecule has 0 aromatic heterocycles. The van der Waals surface area contributed by atoms with Gasteiger partial charge in [0.05, 0.1) is 18.4 Å². The van der Waals surface area contributed by atoms with Crippen LogP contribution in [-0.4, -0.2) is 24.9 Å². The van der Waals surface area contributed by atoms with Crippen LogP contribution < -0.4 is 10.6 Å². The Kier molecular flexibility index (Phi) is 5.89. The zero-order valence-electron chi connectivity index (χ0n) is 14.4. The molecular weight excluding hydrogens is 320 g/mol. The van der Waals surface area contributed by atoms with Gasteiger partial charge in [-0.2, -0.15) is 0 Å². The van der Waals surface area contributed by atoms with Crippen molar-refractivity contribution in [2.24, 2.45) is 0 Å². The molecule has 0 aliphatic heterocycles. The third-order valence-electron chi connectivity index (χ3n) is 3.67. The van der Waals surface area contributed by atoms with Crippen molar-refractivity contribution in [2.45, 2.75) is 20.3 Å². The van der Waals surface area contributed by atoms with E-state index in [0.29, 0.717) is 11.4 Å². The maximum Gasteiger partial charge on any atom is 0.339 e. The van der Waals surface area contributed by atoms with Gasteiger partial charge in [0.15, 0.2) is 0 Å². The molecule has 0 aliphatic carbocycles. The summed E-state index contributed by atoms with van der Waals surface area (Å²) in [7, 11) is 1.26. The van der Waals surface area contributed by atoms with Gasteiger partial charge in [-0.15, -0.1) is 0 Å². The van der Waals surface area contributed by atoms with Crippen LogP contribution in [0.1, 0.15) is 27.9 Å². The molecule has 6 nitrogen and oxygen atoms in total. The highest BCUT2D eigenvalue weighted by molar-refractivity contribution is 6.10. The average molecular weight is 340 g/mol. The normalized spacial score (nSPS) is 10.0. The molecule has 0 fully saturated rings. The first-order chi connectivity index (χ1) is 11.9. The highest BCUT2D eigenvalue weighted by Crippen LogP contribution is 2.20. The van der Waals surface area contributed by atoms with E-state index in [1.807, 2.05) is 32.0 Å². The molecule has 130 valence electrons. The Morgan fingerprint density at radius 3 is 2.12 bits per heavy atom. The van der Waals surface area contributed by atoms with E-state index in [2.05, 4.69) is 15.4 Å². The molecule has 2 aromatic rings. The second kappa shape index (κ2) is 8.10. The fourth-order valence-electron chi connectivity index (χ4n) is 2.42. The van der Waals surface area contributed by atoms with Crippen molar-refractivity contribution in [3.8, 4) is 0 Å². The molecule has 2 rings (SSSR count). The van der Waals surface area contributed by atoms with Crippen LogP contribution in [0.15, 0.2) is 42.5 Å². The summed E-state index contributed by atoms with van der Waals surface area (Å²) < 4.78 is 4.68. The van der Waals surface area contributed by atoms with Crippen LogP contribution in [0.4, 0.5) is 11.4 Å². The van der Waals surface area contributed by atoms with Gasteiger partial charge < -0.3 is 15.4 Å². The molecule has 0 spiro atoms. The van der Waals surface area contributed by atoms with Gasteiger partial charge in [0.1, 0.15) is 6.42 Å². The lowest BCUT2D eigenvalue weighted by Gasteiger charge is -2.12. The first-order valence-corrected chi connectivity index (χ1v) is 7.75. The third-order valence-corrected chi connectivity index (χ3v) is 3.67. The zero-order chi connectivity index (χ0) is 18.4. The summed E-state index contributed by atoms with van der Waals surface area (Å²) in [6.07, 6.45) is -0.358. The lowest BCUT2D eigenvalue weighted by molar-refractivity contribution is -0.123. The van der Waals surface area contributed by atoms with Gasteiger partial charge in [0, 0.05) is 5.69 Å². The number of amides is 2. The maximum absolute atomic E-state index is 12.1. The number of carbonyl (C=O) groups excluding carboxylic acids is 3. The molecule has 0 saturated carbocycles. The summed E-state index contributed by atoms with van der Waals surface area (Å²) in [5.74, 6) is -1.50. The van der Waals surface area contributed by atoms with Gasteiger partial charge in [0.2, 0.25) is 11.8 Å². The van der Waals surface area contributed by atoms with E-state index in [-0.39, 0.29) is 12.0 Å². The van der Waals surface area contributed by atoms with E-state index < -0.39 is 17.8 Å². The largest absolute Gasteiger partial charge is 0.465 e. The molecule has 2 aromatic carbocycles. The van der Waals surface area contributed by atoms with Crippen molar-refractivity contribution < 1.29 is 19.1 Å². The molecule has 0 heterocycles. The predicted octanol–water partition coefficient (Wildman–Crippen LogP) is 3.06. The molecule has 0 saturated heterocycles. The number of hydrogen-bond donors (Lipinski definition) is 2. The number of benzene rings is 2. The number of aryl methyl sites for hydroxylation is 2. The number of esters is 1. The lowest BCUT2D eigenvalue weighted by atomic mass is 10.1. The maximum atomic E-state index is 12.1. The van der Waals surface area contributed by atoms with Gasteiger partial charge in [-0.3, -0.25) is 9.59 Å². The van der Waals surface area contributed by atoms with Crippen LogP contribution in [0.25, 0.3) is 0 Å². The highest BCUT2D eigenvalue weighted by Gasteiger charge is 2.16. The number of ether oxygens (including phenoxy) is 1. The Balaban J connectivity index is 2.04. The lowest BCUT2D eigenvalue weighted by Crippen LogP contribution is -2.23. The highest BCUT2D eigenvalue weighted by atomic mass is 16.5. The van der Waals surface area contributed by atoms with Crippen LogP contribution in [0, 0.1) is 13.8 Å². The second-order valence-electron chi connectivity index (χ2n) is 5.58. The van der Waals surface area contributed by atoms with E-state index in [1.54, 1.807) is 18.2 Å². The molecule has 6 heteroatoms. The van der Waals surface area contributed by atoms with E-state index in [0.717, 1.165) is 11.1 Å². The summed E-state index contributed by atoms with van der Waals surface area (Å²) in [5, 5.41) is 5.32. The van der Waals surface area contributed by atoms with E-state index in [9.17, 15) is 14.4 Å². The Bertz CT molecular complexity index is 795. The van der Waals surface area contributed by atoms with Gasteiger partial charge in [-0.05, 0) is 37.1 Å². The molecule has 0 aliphatic rings. The number of para-hydroxylation sites is 2. The van der Waals surface area contributed by atoms with Gasteiger partial charge >= 0.3 is 5.97 Å². The average Bonchev–Trinajstić information content (AvgIpc) is 2.58. The van der Waals surface area contributed by atoms with Crippen molar-refractivity contribution in [1.29, 1.82) is 0 Å². The molecule has 2 N–H and O–H groups in total. The Morgan fingerprint density at radius 1 is 0.880 bits per heavy atom.